The van der Waals surface area contributed by atoms with Crippen LogP contribution < -0.4 is 0 Å². The Morgan fingerprint density at radius 1 is 1.59 bits per heavy atom. The van der Waals surface area contributed by atoms with Crippen LogP contribution >= 0.6 is 11.6 Å². The van der Waals surface area contributed by atoms with E-state index in [1.165, 1.54) is 18.0 Å². The summed E-state index contributed by atoms with van der Waals surface area (Å²) in [5, 5.41) is 9.44. The average molecular weight is 259 g/mol. The topological polar surface area (TPSA) is 62.5 Å². The molecule has 0 aromatic carbocycles. The summed E-state index contributed by atoms with van der Waals surface area (Å²) in [6.07, 6.45) is 1.96. The number of halogens is 1. The molecule has 1 heterocycles. The quantitative estimate of drug-likeness (QED) is 0.893. The third-order valence-electron chi connectivity index (χ3n) is 2.65. The molecule has 17 heavy (non-hydrogen) atoms. The van der Waals surface area contributed by atoms with Gasteiger partial charge >= 0.3 is 5.97 Å². The molecule has 0 aliphatic rings. The van der Waals surface area contributed by atoms with Gasteiger partial charge < -0.3 is 14.6 Å². The minimum absolute atomic E-state index is 0.353. The van der Waals surface area contributed by atoms with Crippen LogP contribution in [0.15, 0.2) is 12.3 Å². The van der Waals surface area contributed by atoms with Crippen molar-refractivity contribution in [1.82, 2.24) is 9.47 Å². The lowest BCUT2D eigenvalue weighted by atomic mass is 10.2. The van der Waals surface area contributed by atoms with Gasteiger partial charge in [0.05, 0.1) is 5.02 Å². The van der Waals surface area contributed by atoms with E-state index in [2.05, 4.69) is 0 Å². The number of amides is 1. The van der Waals surface area contributed by atoms with E-state index in [0.717, 1.165) is 0 Å². The number of carbonyl (C=O) groups is 2. The van der Waals surface area contributed by atoms with Gasteiger partial charge in [-0.05, 0) is 12.5 Å². The summed E-state index contributed by atoms with van der Waals surface area (Å²) in [7, 11) is 3.17. The van der Waals surface area contributed by atoms with E-state index in [-0.39, 0.29) is 5.91 Å². The van der Waals surface area contributed by atoms with Crippen LogP contribution in [0.25, 0.3) is 0 Å². The minimum atomic E-state index is -1.01. The first-order valence-corrected chi connectivity index (χ1v) is 5.58. The van der Waals surface area contributed by atoms with Crippen molar-refractivity contribution < 1.29 is 14.7 Å². The lowest BCUT2D eigenvalue weighted by Gasteiger charge is -2.23. The number of aryl methyl sites for hydroxylation is 1. The Kier molecular flexibility index (Phi) is 4.17. The second-order valence-electron chi connectivity index (χ2n) is 3.83. The number of hydrogen-bond acceptors (Lipinski definition) is 2. The average Bonchev–Trinajstić information content (AvgIpc) is 2.57. The molecule has 1 atom stereocenters. The highest BCUT2D eigenvalue weighted by molar-refractivity contribution is 6.31. The van der Waals surface area contributed by atoms with Gasteiger partial charge in [0.15, 0.2) is 0 Å². The number of carboxylic acids is 1. The third kappa shape index (κ3) is 2.79. The molecule has 94 valence electrons. The van der Waals surface area contributed by atoms with E-state index < -0.39 is 12.0 Å². The van der Waals surface area contributed by atoms with Crippen molar-refractivity contribution in [2.75, 3.05) is 7.05 Å². The smallest absolute Gasteiger partial charge is 0.326 e. The van der Waals surface area contributed by atoms with E-state index in [9.17, 15) is 9.59 Å². The van der Waals surface area contributed by atoms with Crippen molar-refractivity contribution in [3.63, 3.8) is 0 Å². The van der Waals surface area contributed by atoms with Crippen molar-refractivity contribution in [3.05, 3.63) is 23.0 Å². The molecule has 0 saturated heterocycles. The highest BCUT2D eigenvalue weighted by Gasteiger charge is 2.26. The first kappa shape index (κ1) is 13.6. The second-order valence-corrected chi connectivity index (χ2v) is 4.27. The van der Waals surface area contributed by atoms with Gasteiger partial charge in [-0.25, -0.2) is 4.79 Å². The zero-order valence-electron chi connectivity index (χ0n) is 9.98. The number of rotatable bonds is 4. The molecule has 1 N–H and O–H groups in total. The molecule has 5 nitrogen and oxygen atoms in total. The Morgan fingerprint density at radius 3 is 2.53 bits per heavy atom. The van der Waals surface area contributed by atoms with E-state index in [4.69, 9.17) is 16.7 Å². The Labute approximate surface area is 105 Å². The fourth-order valence-electron chi connectivity index (χ4n) is 1.67. The van der Waals surface area contributed by atoms with Crippen LogP contribution in [0.2, 0.25) is 5.02 Å². The van der Waals surface area contributed by atoms with Crippen LogP contribution in [-0.2, 0) is 11.8 Å². The SMILES string of the molecule is CCC(C(=O)O)N(C)C(=O)c1cc(Cl)cn1C. The minimum Gasteiger partial charge on any atom is -0.480 e. The molecule has 0 bridgehead atoms. The molecular formula is C11H15ClN2O3. The number of nitrogens with zero attached hydrogens (tertiary/aromatic N) is 2. The van der Waals surface area contributed by atoms with Crippen molar-refractivity contribution >= 4 is 23.5 Å². The van der Waals surface area contributed by atoms with Crippen molar-refractivity contribution in [2.24, 2.45) is 7.05 Å². The molecule has 1 aromatic rings. The highest BCUT2D eigenvalue weighted by Crippen LogP contribution is 2.16. The molecule has 0 radical (unpaired) electrons. The molecule has 0 saturated carbocycles. The number of hydrogen-bond donors (Lipinski definition) is 1. The van der Waals surface area contributed by atoms with E-state index >= 15 is 0 Å². The molecule has 1 amide bonds. The predicted molar refractivity (Wildman–Crippen MR) is 64.2 cm³/mol. The summed E-state index contributed by atoms with van der Waals surface area (Å²) in [5.41, 5.74) is 0.372. The maximum atomic E-state index is 12.1. The van der Waals surface area contributed by atoms with Gasteiger partial charge in [-0.3, -0.25) is 4.79 Å². The summed E-state index contributed by atoms with van der Waals surface area (Å²) >= 11 is 5.78. The Hall–Kier alpha value is -1.49. The van der Waals surface area contributed by atoms with Crippen LogP contribution in [-0.4, -0.2) is 39.5 Å². The second kappa shape index (κ2) is 5.23. The fraction of sp³-hybridized carbons (Fsp3) is 0.455. The van der Waals surface area contributed by atoms with Gasteiger partial charge in [-0.2, -0.15) is 0 Å². The Morgan fingerprint density at radius 2 is 2.18 bits per heavy atom. The third-order valence-corrected chi connectivity index (χ3v) is 2.86. The van der Waals surface area contributed by atoms with Gasteiger partial charge in [0.1, 0.15) is 11.7 Å². The number of aliphatic carboxylic acids is 1. The number of carbonyl (C=O) groups excluding carboxylic acids is 1. The summed E-state index contributed by atoms with van der Waals surface area (Å²) in [5.74, 6) is -1.36. The van der Waals surface area contributed by atoms with Crippen molar-refractivity contribution in [3.8, 4) is 0 Å². The summed E-state index contributed by atoms with van der Waals surface area (Å²) in [6.45, 7) is 1.72. The largest absolute Gasteiger partial charge is 0.480 e. The maximum absolute atomic E-state index is 12.1. The summed E-state index contributed by atoms with van der Waals surface area (Å²) in [4.78, 5) is 24.3. The van der Waals surface area contributed by atoms with Crippen LogP contribution in [0, 0.1) is 0 Å². The van der Waals surface area contributed by atoms with Crippen LogP contribution in [0.3, 0.4) is 0 Å². The first-order valence-electron chi connectivity index (χ1n) is 5.20. The summed E-state index contributed by atoms with van der Waals surface area (Å²) in [6, 6.07) is 0.700. The van der Waals surface area contributed by atoms with Gasteiger partial charge in [0.25, 0.3) is 5.91 Å². The molecule has 1 aromatic heterocycles. The van der Waals surface area contributed by atoms with Gasteiger partial charge in [0.2, 0.25) is 0 Å². The molecule has 6 heteroatoms. The van der Waals surface area contributed by atoms with Crippen LogP contribution in [0.4, 0.5) is 0 Å². The number of aromatic nitrogens is 1. The van der Waals surface area contributed by atoms with Gasteiger partial charge in [0, 0.05) is 20.3 Å². The monoisotopic (exact) mass is 258 g/mol. The molecular weight excluding hydrogens is 244 g/mol. The normalized spacial score (nSPS) is 12.2. The first-order chi connectivity index (χ1) is 7.88. The predicted octanol–water partition coefficient (Wildman–Crippen LogP) is 1.61. The van der Waals surface area contributed by atoms with Crippen LogP contribution in [0.5, 0.6) is 0 Å². The summed E-state index contributed by atoms with van der Waals surface area (Å²) < 4.78 is 1.58. The van der Waals surface area contributed by atoms with E-state index in [1.807, 2.05) is 0 Å². The fourth-order valence-corrected chi connectivity index (χ4v) is 1.92. The molecule has 0 aliphatic heterocycles. The maximum Gasteiger partial charge on any atom is 0.326 e. The zero-order valence-corrected chi connectivity index (χ0v) is 10.7. The van der Waals surface area contributed by atoms with Crippen LogP contribution in [0.1, 0.15) is 23.8 Å². The number of carboxylic acid groups (broad SMARTS) is 1. The highest BCUT2D eigenvalue weighted by atomic mass is 35.5. The molecule has 1 rings (SSSR count). The van der Waals surface area contributed by atoms with Crippen molar-refractivity contribution in [2.45, 2.75) is 19.4 Å². The number of likely N-dealkylation sites (N-methyl/N-ethyl adjacent to an activating group) is 1. The lowest BCUT2D eigenvalue weighted by Crippen LogP contribution is -2.42. The molecule has 0 aliphatic carbocycles. The van der Waals surface area contributed by atoms with Crippen molar-refractivity contribution in [1.29, 1.82) is 0 Å². The standard InChI is InChI=1S/C11H15ClN2O3/c1-4-8(11(16)17)14(3)10(15)9-5-7(12)6-13(9)2/h5-6,8H,4H2,1-3H3,(H,16,17). The molecule has 0 fully saturated rings. The Bertz CT molecular complexity index is 442. The van der Waals surface area contributed by atoms with Gasteiger partial charge in [-0.15, -0.1) is 0 Å². The van der Waals surface area contributed by atoms with E-state index in [0.29, 0.717) is 17.1 Å². The van der Waals surface area contributed by atoms with Gasteiger partial charge in [-0.1, -0.05) is 18.5 Å². The lowest BCUT2D eigenvalue weighted by molar-refractivity contribution is -0.142. The Balaban J connectivity index is 2.97. The molecule has 0 spiro atoms. The van der Waals surface area contributed by atoms with E-state index in [1.54, 1.807) is 24.7 Å². The molecule has 1 unspecified atom stereocenters. The zero-order chi connectivity index (χ0) is 13.2.